The Kier molecular flexibility index (Phi) is 9.71. The zero-order chi connectivity index (χ0) is 20.8. The van der Waals surface area contributed by atoms with Gasteiger partial charge in [-0.2, -0.15) is 0 Å². The molecule has 1 unspecified atom stereocenters. The van der Waals surface area contributed by atoms with Gasteiger partial charge in [0.15, 0.2) is 5.96 Å². The molecule has 0 aromatic heterocycles. The number of halogens is 3. The van der Waals surface area contributed by atoms with E-state index >= 15 is 0 Å². The van der Waals surface area contributed by atoms with Crippen molar-refractivity contribution in [2.75, 3.05) is 13.6 Å². The molecule has 5 nitrogen and oxygen atoms in total. The molecular formula is C22H27Cl2IN4O. The van der Waals surface area contributed by atoms with Crippen LogP contribution < -0.4 is 10.6 Å². The van der Waals surface area contributed by atoms with Crippen molar-refractivity contribution >= 4 is 59.0 Å². The van der Waals surface area contributed by atoms with Crippen molar-refractivity contribution in [3.05, 3.63) is 69.2 Å². The van der Waals surface area contributed by atoms with E-state index in [1.54, 1.807) is 13.1 Å². The highest BCUT2D eigenvalue weighted by Gasteiger charge is 2.22. The molecule has 30 heavy (non-hydrogen) atoms. The van der Waals surface area contributed by atoms with Crippen LogP contribution in [0.15, 0.2) is 47.5 Å². The van der Waals surface area contributed by atoms with Gasteiger partial charge in [-0.25, -0.2) is 0 Å². The van der Waals surface area contributed by atoms with Gasteiger partial charge in [-0.3, -0.25) is 9.79 Å². The molecule has 2 aromatic rings. The van der Waals surface area contributed by atoms with Gasteiger partial charge < -0.3 is 15.5 Å². The Morgan fingerprint density at radius 2 is 1.80 bits per heavy atom. The lowest BCUT2D eigenvalue weighted by atomic mass is 10.1. The lowest BCUT2D eigenvalue weighted by Crippen LogP contribution is -2.39. The molecule has 2 N–H and O–H groups in total. The third-order valence-electron chi connectivity index (χ3n) is 5.07. The van der Waals surface area contributed by atoms with E-state index < -0.39 is 0 Å². The summed E-state index contributed by atoms with van der Waals surface area (Å²) in [5.41, 5.74) is 3.52. The summed E-state index contributed by atoms with van der Waals surface area (Å²) in [7, 11) is 1.73. The topological polar surface area (TPSA) is 56.7 Å². The molecular weight excluding hydrogens is 534 g/mol. The molecule has 1 heterocycles. The predicted octanol–water partition coefficient (Wildman–Crippen LogP) is 5.16. The van der Waals surface area contributed by atoms with Crippen LogP contribution in [0.1, 0.15) is 42.5 Å². The van der Waals surface area contributed by atoms with E-state index in [0.717, 1.165) is 12.0 Å². The molecule has 1 aliphatic rings. The molecule has 1 amide bonds. The predicted molar refractivity (Wildman–Crippen MR) is 135 cm³/mol. The van der Waals surface area contributed by atoms with Crippen molar-refractivity contribution in [3.63, 3.8) is 0 Å². The van der Waals surface area contributed by atoms with Gasteiger partial charge in [0.2, 0.25) is 5.91 Å². The Morgan fingerprint density at radius 1 is 1.13 bits per heavy atom. The van der Waals surface area contributed by atoms with Crippen LogP contribution in [0.3, 0.4) is 0 Å². The molecule has 0 fully saturated rings. The highest BCUT2D eigenvalue weighted by atomic mass is 127. The summed E-state index contributed by atoms with van der Waals surface area (Å²) < 4.78 is 0. The molecule has 0 radical (unpaired) electrons. The second kappa shape index (κ2) is 11.8. The van der Waals surface area contributed by atoms with Crippen molar-refractivity contribution in [2.45, 2.75) is 38.9 Å². The third-order valence-corrected chi connectivity index (χ3v) is 5.81. The number of hydrogen-bond donors (Lipinski definition) is 2. The largest absolute Gasteiger partial charge is 0.356 e. The first-order valence-electron chi connectivity index (χ1n) is 9.74. The fourth-order valence-electron chi connectivity index (χ4n) is 3.38. The van der Waals surface area contributed by atoms with Crippen molar-refractivity contribution in [1.29, 1.82) is 0 Å². The number of amides is 1. The van der Waals surface area contributed by atoms with Crippen LogP contribution >= 0.6 is 47.2 Å². The smallest absolute Gasteiger partial charge is 0.223 e. The Labute approximate surface area is 205 Å². The number of guanidine groups is 1. The highest BCUT2D eigenvalue weighted by molar-refractivity contribution is 14.0. The summed E-state index contributed by atoms with van der Waals surface area (Å²) in [5, 5.41) is 7.66. The van der Waals surface area contributed by atoms with Crippen molar-refractivity contribution in [2.24, 2.45) is 4.99 Å². The van der Waals surface area contributed by atoms with E-state index in [1.807, 2.05) is 36.1 Å². The second-order valence-electron chi connectivity index (χ2n) is 7.16. The van der Waals surface area contributed by atoms with Crippen molar-refractivity contribution < 1.29 is 4.79 Å². The van der Waals surface area contributed by atoms with Gasteiger partial charge in [-0.15, -0.1) is 24.0 Å². The zero-order valence-electron chi connectivity index (χ0n) is 17.1. The maximum Gasteiger partial charge on any atom is 0.223 e. The number of fused-ring (bicyclic) bond motifs is 1. The molecule has 0 aliphatic carbocycles. The van der Waals surface area contributed by atoms with Gasteiger partial charge in [-0.1, -0.05) is 53.5 Å². The molecule has 0 saturated heterocycles. The summed E-state index contributed by atoms with van der Waals surface area (Å²) in [6, 6.07) is 13.8. The SMILES string of the molecule is CN=C(NCCCC(=O)N1Cc2ccccc2C1)NC(C)c1ccc(Cl)c(Cl)c1.I. The summed E-state index contributed by atoms with van der Waals surface area (Å²) in [4.78, 5) is 18.7. The second-order valence-corrected chi connectivity index (χ2v) is 7.98. The van der Waals surface area contributed by atoms with E-state index in [2.05, 4.69) is 27.8 Å². The van der Waals surface area contributed by atoms with Gasteiger partial charge in [0.1, 0.15) is 0 Å². The molecule has 162 valence electrons. The average molecular weight is 561 g/mol. The molecule has 2 aromatic carbocycles. The molecule has 1 atom stereocenters. The number of aliphatic imine (C=N–C) groups is 1. The van der Waals surface area contributed by atoms with Crippen LogP contribution in [-0.4, -0.2) is 30.4 Å². The lowest BCUT2D eigenvalue weighted by molar-refractivity contribution is -0.131. The van der Waals surface area contributed by atoms with Gasteiger partial charge in [0, 0.05) is 33.1 Å². The first-order chi connectivity index (χ1) is 14.0. The molecule has 8 heteroatoms. The normalized spacial score (nSPS) is 14.0. The van der Waals surface area contributed by atoms with Crippen molar-refractivity contribution in [3.8, 4) is 0 Å². The van der Waals surface area contributed by atoms with Crippen LogP contribution in [0.4, 0.5) is 0 Å². The molecule has 0 spiro atoms. The van der Waals surface area contributed by atoms with Crippen LogP contribution in [0.5, 0.6) is 0 Å². The number of carbonyl (C=O) groups excluding carboxylic acids is 1. The number of benzene rings is 2. The minimum atomic E-state index is 0. The fourth-order valence-corrected chi connectivity index (χ4v) is 3.69. The van der Waals surface area contributed by atoms with Crippen LogP contribution in [-0.2, 0) is 17.9 Å². The number of hydrogen-bond acceptors (Lipinski definition) is 2. The Balaban J connectivity index is 0.00000320. The number of nitrogens with zero attached hydrogens (tertiary/aromatic N) is 2. The molecule has 3 rings (SSSR count). The minimum Gasteiger partial charge on any atom is -0.356 e. The average Bonchev–Trinajstić information content (AvgIpc) is 3.16. The highest BCUT2D eigenvalue weighted by Crippen LogP contribution is 2.25. The summed E-state index contributed by atoms with van der Waals surface area (Å²) >= 11 is 12.1. The minimum absolute atomic E-state index is 0. The lowest BCUT2D eigenvalue weighted by Gasteiger charge is -2.19. The van der Waals surface area contributed by atoms with Crippen LogP contribution in [0, 0.1) is 0 Å². The van der Waals surface area contributed by atoms with Gasteiger partial charge in [-0.05, 0) is 42.2 Å². The molecule has 0 saturated carbocycles. The maximum absolute atomic E-state index is 12.5. The first-order valence-corrected chi connectivity index (χ1v) is 10.5. The van der Waals surface area contributed by atoms with Crippen LogP contribution in [0.25, 0.3) is 0 Å². The summed E-state index contributed by atoms with van der Waals surface area (Å²) in [6.07, 6.45) is 1.26. The van der Waals surface area contributed by atoms with Crippen molar-refractivity contribution in [1.82, 2.24) is 15.5 Å². The monoisotopic (exact) mass is 560 g/mol. The Morgan fingerprint density at radius 3 is 2.40 bits per heavy atom. The number of rotatable bonds is 6. The zero-order valence-corrected chi connectivity index (χ0v) is 21.0. The van der Waals surface area contributed by atoms with E-state index in [4.69, 9.17) is 23.2 Å². The first kappa shape index (κ1) is 24.8. The van der Waals surface area contributed by atoms with Gasteiger partial charge in [0.05, 0.1) is 16.1 Å². The van der Waals surface area contributed by atoms with Gasteiger partial charge in [0.25, 0.3) is 0 Å². The van der Waals surface area contributed by atoms with E-state index in [9.17, 15) is 4.79 Å². The summed E-state index contributed by atoms with van der Waals surface area (Å²) in [6.45, 7) is 4.13. The number of carbonyl (C=O) groups is 1. The number of nitrogens with one attached hydrogen (secondary N) is 2. The Bertz CT molecular complexity index is 881. The fraction of sp³-hybridized carbons (Fsp3) is 0.364. The van der Waals surface area contributed by atoms with E-state index in [1.165, 1.54) is 11.1 Å². The van der Waals surface area contributed by atoms with Crippen LogP contribution in [0.2, 0.25) is 10.0 Å². The quantitative estimate of drug-likeness (QED) is 0.222. The molecule has 1 aliphatic heterocycles. The maximum atomic E-state index is 12.5. The standard InChI is InChI=1S/C22H26Cl2N4O.HI/c1-15(16-9-10-19(23)20(24)12-16)27-22(25-2)26-11-5-8-21(29)28-13-17-6-3-4-7-18(17)14-28;/h3-4,6-7,9-10,12,15H,5,8,11,13-14H2,1-2H3,(H2,25,26,27);1H. The van der Waals surface area contributed by atoms with Gasteiger partial charge >= 0.3 is 0 Å². The van der Waals surface area contributed by atoms with E-state index in [0.29, 0.717) is 42.1 Å². The summed E-state index contributed by atoms with van der Waals surface area (Å²) in [5.74, 6) is 0.875. The van der Waals surface area contributed by atoms with E-state index in [-0.39, 0.29) is 35.9 Å². The Hall–Kier alpha value is -1.51. The molecule has 0 bridgehead atoms. The third kappa shape index (κ3) is 6.49.